The highest BCUT2D eigenvalue weighted by molar-refractivity contribution is 8.13. The van der Waals surface area contributed by atoms with Crippen LogP contribution in [-0.4, -0.2) is 28.9 Å². The number of hydrogen-bond donors (Lipinski definition) is 0. The molecule has 0 bridgehead atoms. The van der Waals surface area contributed by atoms with Gasteiger partial charge in [-0.15, -0.1) is 5.73 Å². The van der Waals surface area contributed by atoms with Crippen molar-refractivity contribution in [1.82, 2.24) is 0 Å². The van der Waals surface area contributed by atoms with Crippen LogP contribution in [0.1, 0.15) is 13.3 Å². The Bertz CT molecular complexity index is 412. The SMILES string of the molecule is C=C=CCOC1(CCSC(C)=O)C=CC(=O)C=C1. The summed E-state index contributed by atoms with van der Waals surface area (Å²) in [5.74, 6) is 0.600. The van der Waals surface area contributed by atoms with Crippen LogP contribution in [0.2, 0.25) is 0 Å². The van der Waals surface area contributed by atoms with Gasteiger partial charge in [0, 0.05) is 12.7 Å². The maximum Gasteiger partial charge on any atom is 0.185 e. The van der Waals surface area contributed by atoms with Crippen molar-refractivity contribution in [1.29, 1.82) is 0 Å². The zero-order valence-corrected chi connectivity index (χ0v) is 11.2. The molecule has 0 aliphatic heterocycles. The molecular formula is C14H16O3S. The number of hydrogen-bond acceptors (Lipinski definition) is 4. The molecule has 1 rings (SSSR count). The molecule has 3 nitrogen and oxygen atoms in total. The Morgan fingerprint density at radius 2 is 2.22 bits per heavy atom. The maximum atomic E-state index is 11.1. The van der Waals surface area contributed by atoms with Crippen molar-refractivity contribution in [2.45, 2.75) is 18.9 Å². The van der Waals surface area contributed by atoms with Gasteiger partial charge in [0.05, 0.1) is 6.61 Å². The van der Waals surface area contributed by atoms with Gasteiger partial charge in [-0.25, -0.2) is 0 Å². The Morgan fingerprint density at radius 1 is 1.56 bits per heavy atom. The molecule has 1 aliphatic carbocycles. The van der Waals surface area contributed by atoms with Gasteiger partial charge in [-0.2, -0.15) is 0 Å². The highest BCUT2D eigenvalue weighted by atomic mass is 32.2. The smallest absolute Gasteiger partial charge is 0.185 e. The maximum absolute atomic E-state index is 11.1. The molecule has 0 saturated heterocycles. The summed E-state index contributed by atoms with van der Waals surface area (Å²) in [6.45, 7) is 5.37. The zero-order chi connectivity index (χ0) is 13.4. The van der Waals surface area contributed by atoms with Gasteiger partial charge >= 0.3 is 0 Å². The van der Waals surface area contributed by atoms with E-state index in [9.17, 15) is 9.59 Å². The van der Waals surface area contributed by atoms with Crippen molar-refractivity contribution < 1.29 is 14.3 Å². The zero-order valence-electron chi connectivity index (χ0n) is 10.3. The van der Waals surface area contributed by atoms with E-state index in [1.807, 2.05) is 0 Å². The average Bonchev–Trinajstić information content (AvgIpc) is 2.33. The number of allylic oxidation sites excluding steroid dienone is 2. The number of carbonyl (C=O) groups excluding carboxylic acids is 2. The molecule has 0 N–H and O–H groups in total. The van der Waals surface area contributed by atoms with Crippen LogP contribution in [0.3, 0.4) is 0 Å². The fraction of sp³-hybridized carbons (Fsp3) is 0.357. The van der Waals surface area contributed by atoms with Gasteiger partial charge in [-0.1, -0.05) is 18.3 Å². The molecule has 18 heavy (non-hydrogen) atoms. The first-order valence-electron chi connectivity index (χ1n) is 5.62. The Labute approximate surface area is 111 Å². The van der Waals surface area contributed by atoms with Gasteiger partial charge in [-0.05, 0) is 36.8 Å². The van der Waals surface area contributed by atoms with Crippen LogP contribution in [-0.2, 0) is 14.3 Å². The molecule has 0 heterocycles. The molecule has 0 amide bonds. The molecule has 0 atom stereocenters. The Kier molecular flexibility index (Phi) is 5.86. The molecule has 0 aromatic heterocycles. The lowest BCUT2D eigenvalue weighted by Crippen LogP contribution is -2.31. The highest BCUT2D eigenvalue weighted by Gasteiger charge is 2.27. The van der Waals surface area contributed by atoms with E-state index in [2.05, 4.69) is 12.3 Å². The molecule has 1 aliphatic rings. The summed E-state index contributed by atoms with van der Waals surface area (Å²) >= 11 is 1.25. The lowest BCUT2D eigenvalue weighted by atomic mass is 9.94. The molecule has 4 heteroatoms. The summed E-state index contributed by atoms with van der Waals surface area (Å²) in [7, 11) is 0. The van der Waals surface area contributed by atoms with Gasteiger partial charge in [0.2, 0.25) is 0 Å². The van der Waals surface area contributed by atoms with Gasteiger partial charge in [-0.3, -0.25) is 9.59 Å². The lowest BCUT2D eigenvalue weighted by molar-refractivity contribution is -0.111. The van der Waals surface area contributed by atoms with E-state index >= 15 is 0 Å². The third-order valence-corrected chi connectivity index (χ3v) is 3.25. The largest absolute Gasteiger partial charge is 0.362 e. The summed E-state index contributed by atoms with van der Waals surface area (Å²) < 4.78 is 5.73. The minimum atomic E-state index is -0.607. The minimum Gasteiger partial charge on any atom is -0.362 e. The van der Waals surface area contributed by atoms with E-state index in [0.29, 0.717) is 18.8 Å². The third-order valence-electron chi connectivity index (χ3n) is 2.44. The summed E-state index contributed by atoms with van der Waals surface area (Å²) in [5.41, 5.74) is 2.03. The van der Waals surface area contributed by atoms with Crippen molar-refractivity contribution in [2.75, 3.05) is 12.4 Å². The molecule has 0 radical (unpaired) electrons. The monoisotopic (exact) mass is 264 g/mol. The molecule has 0 fully saturated rings. The average molecular weight is 264 g/mol. The Balaban J connectivity index is 2.65. The van der Waals surface area contributed by atoms with E-state index in [4.69, 9.17) is 4.74 Å². The fourth-order valence-corrected chi connectivity index (χ4v) is 2.21. The molecule has 96 valence electrons. The van der Waals surface area contributed by atoms with E-state index in [1.165, 1.54) is 30.8 Å². The predicted octanol–water partition coefficient (Wildman–Crippen LogP) is 2.45. The van der Waals surface area contributed by atoms with Gasteiger partial charge < -0.3 is 4.74 Å². The van der Waals surface area contributed by atoms with Crippen molar-refractivity contribution in [3.63, 3.8) is 0 Å². The summed E-state index contributed by atoms with van der Waals surface area (Å²) in [6, 6.07) is 0. The number of ether oxygens (including phenoxy) is 1. The second-order valence-electron chi connectivity index (χ2n) is 3.83. The van der Waals surface area contributed by atoms with Crippen LogP contribution in [0.15, 0.2) is 42.7 Å². The number of rotatable bonds is 6. The van der Waals surface area contributed by atoms with Crippen molar-refractivity contribution in [2.24, 2.45) is 0 Å². The highest BCUT2D eigenvalue weighted by Crippen LogP contribution is 2.25. The van der Waals surface area contributed by atoms with Crippen LogP contribution in [0.5, 0.6) is 0 Å². The van der Waals surface area contributed by atoms with Crippen molar-refractivity contribution in [3.05, 3.63) is 42.7 Å². The van der Waals surface area contributed by atoms with Crippen molar-refractivity contribution in [3.8, 4) is 0 Å². The van der Waals surface area contributed by atoms with Gasteiger partial charge in [0.15, 0.2) is 10.9 Å². The molecule has 0 spiro atoms. The first-order chi connectivity index (χ1) is 8.58. The molecule has 0 unspecified atom stereocenters. The molecule has 0 aromatic rings. The van der Waals surface area contributed by atoms with Crippen LogP contribution >= 0.6 is 11.8 Å². The van der Waals surface area contributed by atoms with E-state index in [-0.39, 0.29) is 10.9 Å². The molecule has 0 aromatic carbocycles. The van der Waals surface area contributed by atoms with Crippen LogP contribution in [0, 0.1) is 0 Å². The summed E-state index contributed by atoms with van der Waals surface area (Å²) in [4.78, 5) is 22.1. The first kappa shape index (κ1) is 14.7. The third kappa shape index (κ3) is 4.88. The topological polar surface area (TPSA) is 43.4 Å². The lowest BCUT2D eigenvalue weighted by Gasteiger charge is -2.28. The van der Waals surface area contributed by atoms with E-state index < -0.39 is 5.60 Å². The predicted molar refractivity (Wildman–Crippen MR) is 73.4 cm³/mol. The summed E-state index contributed by atoms with van der Waals surface area (Å²) in [5, 5.41) is 0.0796. The van der Waals surface area contributed by atoms with Crippen LogP contribution in [0.25, 0.3) is 0 Å². The quantitative estimate of drug-likeness (QED) is 0.691. The van der Waals surface area contributed by atoms with Gasteiger partial charge in [0.1, 0.15) is 5.60 Å². The second-order valence-corrected chi connectivity index (χ2v) is 5.11. The number of ketones is 1. The van der Waals surface area contributed by atoms with Crippen molar-refractivity contribution >= 4 is 22.7 Å². The normalized spacial score (nSPS) is 16.4. The van der Waals surface area contributed by atoms with Crippen LogP contribution < -0.4 is 0 Å². The number of thioether (sulfide) groups is 1. The standard InChI is InChI=1S/C14H16O3S/c1-3-4-10-17-14(9-11-18-12(2)15)7-5-13(16)6-8-14/h4-8H,1,9-11H2,2H3. The number of carbonyl (C=O) groups is 2. The minimum absolute atomic E-state index is 0.0484. The van der Waals surface area contributed by atoms with Crippen LogP contribution in [0.4, 0.5) is 0 Å². The van der Waals surface area contributed by atoms with Gasteiger partial charge in [0.25, 0.3) is 0 Å². The molecule has 0 saturated carbocycles. The summed E-state index contributed by atoms with van der Waals surface area (Å²) in [6.07, 6.45) is 8.80. The second kappa shape index (κ2) is 7.17. The van der Waals surface area contributed by atoms with E-state index in [1.54, 1.807) is 18.2 Å². The Hall–Kier alpha value is -1.35. The Morgan fingerprint density at radius 3 is 2.78 bits per heavy atom. The fourth-order valence-electron chi connectivity index (χ4n) is 1.50. The first-order valence-corrected chi connectivity index (χ1v) is 6.60. The molecular weight excluding hydrogens is 248 g/mol. The van der Waals surface area contributed by atoms with E-state index in [0.717, 1.165) is 0 Å².